The highest BCUT2D eigenvalue weighted by Gasteiger charge is 2.17. The van der Waals surface area contributed by atoms with Gasteiger partial charge >= 0.3 is 0 Å². The highest BCUT2D eigenvalue weighted by Crippen LogP contribution is 2.26. The number of hydrogen-bond donors (Lipinski definition) is 1. The number of nitrogens with zero attached hydrogens (tertiary/aromatic N) is 1. The molecule has 4 nitrogen and oxygen atoms in total. The van der Waals surface area contributed by atoms with Crippen molar-refractivity contribution in [2.45, 2.75) is 19.3 Å². The molecule has 0 aromatic heterocycles. The van der Waals surface area contributed by atoms with Crippen LogP contribution in [0.5, 0.6) is 0 Å². The maximum atomic E-state index is 12.5. The maximum absolute atomic E-state index is 12.5. The molecule has 2 amide bonds. The van der Waals surface area contributed by atoms with E-state index in [-0.39, 0.29) is 24.7 Å². The fourth-order valence-corrected chi connectivity index (χ4v) is 2.12. The summed E-state index contributed by atoms with van der Waals surface area (Å²) in [6, 6.07) is 18.9. The van der Waals surface area contributed by atoms with Crippen LogP contribution in [0.2, 0.25) is 0 Å². The van der Waals surface area contributed by atoms with E-state index >= 15 is 0 Å². The number of carbonyl (C=O) groups is 2. The molecule has 21 heavy (non-hydrogen) atoms. The van der Waals surface area contributed by atoms with Crippen LogP contribution in [0.4, 0.5) is 11.4 Å². The molecule has 2 aromatic rings. The Morgan fingerprint density at radius 2 is 1.29 bits per heavy atom. The van der Waals surface area contributed by atoms with Crippen LogP contribution in [-0.4, -0.2) is 11.8 Å². The summed E-state index contributed by atoms with van der Waals surface area (Å²) >= 11 is 0. The Balaban J connectivity index is 2.21. The summed E-state index contributed by atoms with van der Waals surface area (Å²) < 4.78 is 0. The predicted molar refractivity (Wildman–Crippen MR) is 83.1 cm³/mol. The lowest BCUT2D eigenvalue weighted by atomic mass is 10.1. The van der Waals surface area contributed by atoms with Crippen LogP contribution in [0, 0.1) is 0 Å². The van der Waals surface area contributed by atoms with Gasteiger partial charge in [-0.25, -0.2) is 0 Å². The van der Waals surface area contributed by atoms with Gasteiger partial charge in [0.15, 0.2) is 0 Å². The van der Waals surface area contributed by atoms with Crippen molar-refractivity contribution in [2.75, 3.05) is 4.90 Å². The van der Waals surface area contributed by atoms with Crippen LogP contribution in [0.25, 0.3) is 0 Å². The molecule has 0 aliphatic carbocycles. The third-order valence-corrected chi connectivity index (χ3v) is 3.09. The van der Waals surface area contributed by atoms with Crippen LogP contribution in [-0.2, 0) is 9.59 Å². The molecule has 0 fully saturated rings. The highest BCUT2D eigenvalue weighted by molar-refractivity contribution is 6.00. The summed E-state index contributed by atoms with van der Waals surface area (Å²) in [6.07, 6.45) is 0.972. The van der Waals surface area contributed by atoms with Crippen molar-refractivity contribution >= 4 is 23.2 Å². The average molecular weight is 282 g/mol. The standard InChI is InChI=1S/C17H18N2O2/c18-16(20)12-7-13-17(21)19(14-8-3-1-4-9-14)15-10-5-2-6-11-15/h1-6,8-11H,7,12-13H2,(H2,18,20). The Kier molecular flexibility index (Phi) is 5.10. The van der Waals surface area contributed by atoms with E-state index in [1.165, 1.54) is 0 Å². The second-order valence-electron chi connectivity index (χ2n) is 4.72. The van der Waals surface area contributed by atoms with Crippen molar-refractivity contribution in [3.63, 3.8) is 0 Å². The van der Waals surface area contributed by atoms with Crippen molar-refractivity contribution in [3.8, 4) is 0 Å². The van der Waals surface area contributed by atoms with Gasteiger partial charge in [-0.2, -0.15) is 0 Å². The summed E-state index contributed by atoms with van der Waals surface area (Å²) in [4.78, 5) is 25.0. The first-order chi connectivity index (χ1) is 10.2. The molecular formula is C17H18N2O2. The first-order valence-electron chi connectivity index (χ1n) is 6.90. The van der Waals surface area contributed by atoms with Crippen LogP contribution in [0.1, 0.15) is 19.3 Å². The smallest absolute Gasteiger partial charge is 0.231 e. The number of hydrogen-bond acceptors (Lipinski definition) is 2. The first-order valence-corrected chi connectivity index (χ1v) is 6.90. The molecule has 0 aliphatic heterocycles. The van der Waals surface area contributed by atoms with Crippen molar-refractivity contribution in [1.82, 2.24) is 0 Å². The molecular weight excluding hydrogens is 264 g/mol. The largest absolute Gasteiger partial charge is 0.370 e. The number of nitrogens with two attached hydrogens (primary N) is 1. The van der Waals surface area contributed by atoms with Crippen molar-refractivity contribution in [1.29, 1.82) is 0 Å². The maximum Gasteiger partial charge on any atom is 0.231 e. The lowest BCUT2D eigenvalue weighted by Gasteiger charge is -2.23. The quantitative estimate of drug-likeness (QED) is 0.885. The number of carbonyl (C=O) groups excluding carboxylic acids is 2. The lowest BCUT2D eigenvalue weighted by Crippen LogP contribution is -2.26. The molecule has 0 heterocycles. The second kappa shape index (κ2) is 7.24. The summed E-state index contributed by atoms with van der Waals surface area (Å²) in [6.45, 7) is 0. The minimum atomic E-state index is -0.381. The molecule has 0 aliphatic rings. The fourth-order valence-electron chi connectivity index (χ4n) is 2.12. The van der Waals surface area contributed by atoms with E-state index in [1.54, 1.807) is 4.90 Å². The van der Waals surface area contributed by atoms with Crippen molar-refractivity contribution in [2.24, 2.45) is 5.73 Å². The van der Waals surface area contributed by atoms with Gasteiger partial charge in [0.05, 0.1) is 0 Å². The Morgan fingerprint density at radius 1 is 0.810 bits per heavy atom. The Labute approximate surface area is 124 Å². The van der Waals surface area contributed by atoms with Gasteiger partial charge in [0, 0.05) is 24.2 Å². The fraction of sp³-hybridized carbons (Fsp3) is 0.176. The molecule has 4 heteroatoms. The number of benzene rings is 2. The Morgan fingerprint density at radius 3 is 1.71 bits per heavy atom. The summed E-state index contributed by atoms with van der Waals surface area (Å²) in [7, 11) is 0. The molecule has 2 aromatic carbocycles. The summed E-state index contributed by atoms with van der Waals surface area (Å²) in [5.41, 5.74) is 6.74. The molecule has 0 spiro atoms. The SMILES string of the molecule is NC(=O)CCCC(=O)N(c1ccccc1)c1ccccc1. The zero-order valence-electron chi connectivity index (χ0n) is 11.7. The monoisotopic (exact) mass is 282 g/mol. The third kappa shape index (κ3) is 4.18. The van der Waals surface area contributed by atoms with Crippen LogP contribution in [0.3, 0.4) is 0 Å². The van der Waals surface area contributed by atoms with Gasteiger partial charge < -0.3 is 5.73 Å². The van der Waals surface area contributed by atoms with E-state index in [0.717, 1.165) is 11.4 Å². The molecule has 0 radical (unpaired) electrons. The molecule has 2 rings (SSSR count). The van der Waals surface area contributed by atoms with Crippen LogP contribution < -0.4 is 10.6 Å². The average Bonchev–Trinajstić information content (AvgIpc) is 2.49. The number of amides is 2. The Hall–Kier alpha value is -2.62. The zero-order chi connectivity index (χ0) is 15.1. The number of rotatable bonds is 6. The van der Waals surface area contributed by atoms with Crippen LogP contribution >= 0.6 is 0 Å². The summed E-state index contributed by atoms with van der Waals surface area (Å²) in [5.74, 6) is -0.428. The van der Waals surface area contributed by atoms with Gasteiger partial charge in [0.1, 0.15) is 0 Å². The van der Waals surface area contributed by atoms with Crippen molar-refractivity contribution < 1.29 is 9.59 Å². The van der Waals surface area contributed by atoms with E-state index in [9.17, 15) is 9.59 Å². The van der Waals surface area contributed by atoms with Gasteiger partial charge in [-0.15, -0.1) is 0 Å². The molecule has 2 N–H and O–H groups in total. The molecule has 0 saturated carbocycles. The highest BCUT2D eigenvalue weighted by atomic mass is 16.2. The molecule has 0 saturated heterocycles. The van der Waals surface area contributed by atoms with E-state index < -0.39 is 0 Å². The van der Waals surface area contributed by atoms with Crippen molar-refractivity contribution in [3.05, 3.63) is 60.7 Å². The van der Waals surface area contributed by atoms with E-state index in [1.807, 2.05) is 60.7 Å². The predicted octanol–water partition coefficient (Wildman–Crippen LogP) is 3.01. The first kappa shape index (κ1) is 14.8. The lowest BCUT2D eigenvalue weighted by molar-refractivity contribution is -0.119. The minimum absolute atomic E-state index is 0.0475. The topological polar surface area (TPSA) is 63.4 Å². The number of primary amides is 1. The third-order valence-electron chi connectivity index (χ3n) is 3.09. The molecule has 108 valence electrons. The van der Waals surface area contributed by atoms with E-state index in [4.69, 9.17) is 5.73 Å². The second-order valence-corrected chi connectivity index (χ2v) is 4.72. The Bertz CT molecular complexity index is 557. The molecule has 0 atom stereocenters. The normalized spacial score (nSPS) is 10.1. The molecule has 0 bridgehead atoms. The van der Waals surface area contributed by atoms with Gasteiger partial charge in [0.25, 0.3) is 0 Å². The minimum Gasteiger partial charge on any atom is -0.370 e. The van der Waals surface area contributed by atoms with Gasteiger partial charge in [-0.05, 0) is 30.7 Å². The zero-order valence-corrected chi connectivity index (χ0v) is 11.7. The van der Waals surface area contributed by atoms with E-state index in [2.05, 4.69) is 0 Å². The number of para-hydroxylation sites is 2. The number of anilines is 2. The van der Waals surface area contributed by atoms with Gasteiger partial charge in [0.2, 0.25) is 11.8 Å². The van der Waals surface area contributed by atoms with Gasteiger partial charge in [-0.3, -0.25) is 14.5 Å². The van der Waals surface area contributed by atoms with Crippen LogP contribution in [0.15, 0.2) is 60.7 Å². The van der Waals surface area contributed by atoms with Gasteiger partial charge in [-0.1, -0.05) is 36.4 Å². The van der Waals surface area contributed by atoms with E-state index in [0.29, 0.717) is 6.42 Å². The summed E-state index contributed by atoms with van der Waals surface area (Å²) in [5, 5.41) is 0. The molecule has 0 unspecified atom stereocenters.